The van der Waals surface area contributed by atoms with Gasteiger partial charge in [0.25, 0.3) is 5.91 Å². The third-order valence-corrected chi connectivity index (χ3v) is 9.94. The molecule has 8 nitrogen and oxygen atoms in total. The van der Waals surface area contributed by atoms with E-state index >= 15 is 0 Å². The number of nitrogens with one attached hydrogen (secondary N) is 1. The van der Waals surface area contributed by atoms with Gasteiger partial charge in [-0.15, -0.1) is 0 Å². The minimum absolute atomic E-state index is 0.00425. The van der Waals surface area contributed by atoms with Crippen LogP contribution in [0.4, 0.5) is 0 Å². The Labute approximate surface area is 225 Å². The monoisotopic (exact) mass is 523 g/mol. The Morgan fingerprint density at radius 1 is 1.00 bits per heavy atom. The summed E-state index contributed by atoms with van der Waals surface area (Å²) in [5.74, 6) is 0.0560. The molecule has 0 bridgehead atoms. The summed E-state index contributed by atoms with van der Waals surface area (Å²) in [6.07, 6.45) is 9.59. The van der Waals surface area contributed by atoms with Crippen molar-refractivity contribution in [3.63, 3.8) is 0 Å². The Balaban J connectivity index is 1.14. The quantitative estimate of drug-likeness (QED) is 0.617. The summed E-state index contributed by atoms with van der Waals surface area (Å²) in [4.78, 5) is 44.4. The number of methoxy groups -OCH3 is 1. The van der Waals surface area contributed by atoms with Gasteiger partial charge in [0, 0.05) is 18.7 Å². The van der Waals surface area contributed by atoms with Crippen LogP contribution in [0.3, 0.4) is 0 Å². The first-order chi connectivity index (χ1) is 18.5. The lowest BCUT2D eigenvalue weighted by Gasteiger charge is -2.42. The van der Waals surface area contributed by atoms with Gasteiger partial charge >= 0.3 is 0 Å². The highest BCUT2D eigenvalue weighted by Crippen LogP contribution is 2.37. The lowest BCUT2D eigenvalue weighted by molar-refractivity contribution is -0.143. The molecule has 1 aromatic rings. The predicted molar refractivity (Wildman–Crippen MR) is 142 cm³/mol. The number of amides is 2. The molecule has 5 fully saturated rings. The van der Waals surface area contributed by atoms with E-state index in [-0.39, 0.29) is 30.3 Å². The second kappa shape index (κ2) is 10.7. The van der Waals surface area contributed by atoms with E-state index < -0.39 is 17.7 Å². The maximum absolute atomic E-state index is 14.0. The van der Waals surface area contributed by atoms with E-state index in [9.17, 15) is 14.4 Å². The molecule has 2 amide bonds. The molecule has 8 heteroatoms. The Morgan fingerprint density at radius 3 is 2.34 bits per heavy atom. The number of hydrogen-bond acceptors (Lipinski definition) is 6. The van der Waals surface area contributed by atoms with Gasteiger partial charge in [-0.1, -0.05) is 37.8 Å². The lowest BCUT2D eigenvalue weighted by Crippen LogP contribution is -2.62. The van der Waals surface area contributed by atoms with Gasteiger partial charge in [0.2, 0.25) is 5.91 Å². The number of ketones is 1. The van der Waals surface area contributed by atoms with E-state index in [0.29, 0.717) is 30.9 Å². The van der Waals surface area contributed by atoms with Crippen LogP contribution in [0.5, 0.6) is 0 Å². The summed E-state index contributed by atoms with van der Waals surface area (Å²) >= 11 is 0. The molecule has 3 saturated heterocycles. The van der Waals surface area contributed by atoms with E-state index in [1.807, 2.05) is 12.1 Å². The van der Waals surface area contributed by atoms with Gasteiger partial charge in [0.05, 0.1) is 6.54 Å². The number of nitrogens with zero attached hydrogens (tertiary/aromatic N) is 2. The van der Waals surface area contributed by atoms with Gasteiger partial charge < -0.3 is 24.6 Å². The summed E-state index contributed by atoms with van der Waals surface area (Å²) in [7, 11) is 1.58. The van der Waals surface area contributed by atoms with Crippen LogP contribution in [-0.4, -0.2) is 90.6 Å². The van der Waals surface area contributed by atoms with Crippen molar-refractivity contribution in [2.75, 3.05) is 33.4 Å². The molecule has 2 saturated carbocycles. The molecule has 3 aliphatic heterocycles. The predicted octanol–water partition coefficient (Wildman–Crippen LogP) is 3.04. The second-order valence-electron chi connectivity index (χ2n) is 12.0. The fourth-order valence-corrected chi connectivity index (χ4v) is 7.40. The van der Waals surface area contributed by atoms with Gasteiger partial charge in [-0.25, -0.2) is 0 Å². The molecule has 3 atom stereocenters. The maximum Gasteiger partial charge on any atom is 0.252 e. The number of piperidine rings is 1. The number of carbonyl (C=O) groups is 3. The Kier molecular flexibility index (Phi) is 7.31. The summed E-state index contributed by atoms with van der Waals surface area (Å²) in [6, 6.07) is 8.19. The van der Waals surface area contributed by atoms with Crippen LogP contribution in [0, 0.1) is 0 Å². The molecule has 3 heterocycles. The van der Waals surface area contributed by atoms with Gasteiger partial charge in [-0.05, 0) is 75.2 Å². The SMILES string of the molecule is CO[C@@H]1CN(C(=O)C2(NC(=O)c3ccc(C4CCN(C5CCC5)CC4)cc3)CCCCC2)[C@@H]2C(=O)CO[C@@H]21. The highest BCUT2D eigenvalue weighted by atomic mass is 16.5. The van der Waals surface area contributed by atoms with Crippen molar-refractivity contribution >= 4 is 17.6 Å². The first kappa shape index (κ1) is 26.0. The van der Waals surface area contributed by atoms with E-state index in [1.165, 1.54) is 37.7 Å². The molecule has 206 valence electrons. The summed E-state index contributed by atoms with van der Waals surface area (Å²) in [5, 5.41) is 3.15. The lowest BCUT2D eigenvalue weighted by atomic mass is 9.80. The topological polar surface area (TPSA) is 88.2 Å². The van der Waals surface area contributed by atoms with E-state index in [2.05, 4.69) is 22.3 Å². The molecule has 2 aliphatic carbocycles. The van der Waals surface area contributed by atoms with Crippen LogP contribution in [0.2, 0.25) is 0 Å². The number of rotatable bonds is 6. The van der Waals surface area contributed by atoms with Crippen LogP contribution >= 0.6 is 0 Å². The van der Waals surface area contributed by atoms with Crippen molar-refractivity contribution < 1.29 is 23.9 Å². The molecule has 0 aromatic heterocycles. The molecule has 5 aliphatic rings. The minimum atomic E-state index is -1.00. The molecule has 38 heavy (non-hydrogen) atoms. The number of benzene rings is 1. The summed E-state index contributed by atoms with van der Waals surface area (Å²) < 4.78 is 11.2. The first-order valence-corrected chi connectivity index (χ1v) is 14.6. The fourth-order valence-electron chi connectivity index (χ4n) is 7.40. The number of fused-ring (bicyclic) bond motifs is 1. The number of likely N-dealkylation sites (tertiary alicyclic amines) is 2. The molecule has 0 spiro atoms. The highest BCUT2D eigenvalue weighted by molar-refractivity contribution is 6.01. The van der Waals surface area contributed by atoms with E-state index in [0.717, 1.165) is 38.4 Å². The van der Waals surface area contributed by atoms with Gasteiger partial charge in [0.1, 0.15) is 30.4 Å². The smallest absolute Gasteiger partial charge is 0.252 e. The van der Waals surface area contributed by atoms with E-state index in [4.69, 9.17) is 9.47 Å². The van der Waals surface area contributed by atoms with Crippen molar-refractivity contribution in [3.05, 3.63) is 35.4 Å². The molecular weight excluding hydrogens is 482 g/mol. The van der Waals surface area contributed by atoms with Crippen LogP contribution in [0.15, 0.2) is 24.3 Å². The molecule has 1 N–H and O–H groups in total. The zero-order valence-corrected chi connectivity index (χ0v) is 22.5. The Hall–Kier alpha value is -2.29. The zero-order chi connectivity index (χ0) is 26.3. The van der Waals surface area contributed by atoms with Gasteiger partial charge in [-0.3, -0.25) is 14.4 Å². The number of carbonyl (C=O) groups excluding carboxylic acids is 3. The van der Waals surface area contributed by atoms with E-state index in [1.54, 1.807) is 12.0 Å². The second-order valence-corrected chi connectivity index (χ2v) is 12.0. The van der Waals surface area contributed by atoms with Crippen LogP contribution < -0.4 is 5.32 Å². The maximum atomic E-state index is 14.0. The standard InChI is InChI=1S/C30H41N3O5/c1-37-25-18-33(26-24(34)19-38-27(25)26)29(36)30(14-3-2-4-15-30)31-28(35)22-10-8-20(9-11-22)21-12-16-32(17-13-21)23-6-5-7-23/h8-11,21,23,25-27H,2-7,12-19H2,1H3,(H,31,35)/t25-,26-,27-/m1/s1. The number of Topliss-reactive ketones (excluding diaryl/α,β-unsaturated/α-hetero) is 1. The highest BCUT2D eigenvalue weighted by Gasteiger charge is 2.56. The average molecular weight is 524 g/mol. The Bertz CT molecular complexity index is 1040. The summed E-state index contributed by atoms with van der Waals surface area (Å²) in [5.41, 5.74) is 0.873. The van der Waals surface area contributed by atoms with Gasteiger partial charge in [0.15, 0.2) is 5.78 Å². The van der Waals surface area contributed by atoms with Crippen molar-refractivity contribution in [3.8, 4) is 0 Å². The van der Waals surface area contributed by atoms with Crippen molar-refractivity contribution in [1.82, 2.24) is 15.1 Å². The van der Waals surface area contributed by atoms with Crippen molar-refractivity contribution in [2.24, 2.45) is 0 Å². The third kappa shape index (κ3) is 4.69. The van der Waals surface area contributed by atoms with Crippen LogP contribution in [-0.2, 0) is 19.1 Å². The number of hydrogen-bond donors (Lipinski definition) is 1. The number of ether oxygens (including phenoxy) is 2. The summed E-state index contributed by atoms with van der Waals surface area (Å²) in [6.45, 7) is 2.64. The minimum Gasteiger partial charge on any atom is -0.377 e. The largest absolute Gasteiger partial charge is 0.377 e. The van der Waals surface area contributed by atoms with Crippen LogP contribution in [0.25, 0.3) is 0 Å². The zero-order valence-electron chi connectivity index (χ0n) is 22.5. The van der Waals surface area contributed by atoms with Crippen molar-refractivity contribution in [1.29, 1.82) is 0 Å². The molecule has 0 unspecified atom stereocenters. The van der Waals surface area contributed by atoms with Crippen LogP contribution in [0.1, 0.15) is 86.0 Å². The molecule has 1 aromatic carbocycles. The fraction of sp³-hybridized carbons (Fsp3) is 0.700. The Morgan fingerprint density at radius 2 is 1.71 bits per heavy atom. The van der Waals surface area contributed by atoms with Crippen molar-refractivity contribution in [2.45, 2.75) is 100.0 Å². The normalized spacial score (nSPS) is 30.2. The molecule has 6 rings (SSSR count). The molecular formula is C30H41N3O5. The third-order valence-electron chi connectivity index (χ3n) is 9.94. The first-order valence-electron chi connectivity index (χ1n) is 14.6. The van der Waals surface area contributed by atoms with Gasteiger partial charge in [-0.2, -0.15) is 0 Å². The molecule has 0 radical (unpaired) electrons. The average Bonchev–Trinajstić information content (AvgIpc) is 3.48.